The molecule has 3 amide bonds. The SMILES string of the molecule is C[C@@H](C(=O)NC(=O)NC(C)(C)C)N1CCN(Cc2ccsc2)CC1. The molecule has 0 spiro atoms. The highest BCUT2D eigenvalue weighted by Gasteiger charge is 2.27. The molecule has 1 atom stereocenters. The van der Waals surface area contributed by atoms with Gasteiger partial charge in [-0.1, -0.05) is 0 Å². The minimum absolute atomic E-state index is 0.247. The molecule has 1 fully saturated rings. The van der Waals surface area contributed by atoms with Gasteiger partial charge in [-0.2, -0.15) is 11.3 Å². The van der Waals surface area contributed by atoms with Crippen LogP contribution in [0.1, 0.15) is 33.3 Å². The summed E-state index contributed by atoms with van der Waals surface area (Å²) < 4.78 is 0. The lowest BCUT2D eigenvalue weighted by atomic mass is 10.1. The van der Waals surface area contributed by atoms with Crippen LogP contribution in [0.2, 0.25) is 0 Å². The van der Waals surface area contributed by atoms with Crippen molar-refractivity contribution in [3.8, 4) is 0 Å². The normalized spacial score (nSPS) is 18.2. The van der Waals surface area contributed by atoms with E-state index in [0.717, 1.165) is 32.7 Å². The van der Waals surface area contributed by atoms with Gasteiger partial charge in [-0.05, 0) is 50.1 Å². The molecule has 0 bridgehead atoms. The van der Waals surface area contributed by atoms with E-state index >= 15 is 0 Å². The van der Waals surface area contributed by atoms with Crippen LogP contribution in [0.15, 0.2) is 16.8 Å². The standard InChI is InChI=1S/C17H28N4O2S/c1-13(15(22)18-16(23)19-17(2,3)4)21-8-6-20(7-9-21)11-14-5-10-24-12-14/h5,10,12-13H,6-9,11H2,1-4H3,(H2,18,19,22,23)/t13-/m0/s1. The summed E-state index contributed by atoms with van der Waals surface area (Å²) in [5.41, 5.74) is 0.985. The van der Waals surface area contributed by atoms with E-state index in [9.17, 15) is 9.59 Å². The molecule has 0 aliphatic carbocycles. The van der Waals surface area contributed by atoms with Gasteiger partial charge in [0, 0.05) is 38.3 Å². The number of thiophene rings is 1. The number of hydrogen-bond donors (Lipinski definition) is 2. The predicted molar refractivity (Wildman–Crippen MR) is 97.1 cm³/mol. The van der Waals surface area contributed by atoms with E-state index in [2.05, 4.69) is 37.3 Å². The van der Waals surface area contributed by atoms with Crippen molar-refractivity contribution in [3.05, 3.63) is 22.4 Å². The highest BCUT2D eigenvalue weighted by Crippen LogP contribution is 2.13. The molecule has 1 aliphatic heterocycles. The summed E-state index contributed by atoms with van der Waals surface area (Å²) in [6.45, 7) is 12.0. The lowest BCUT2D eigenvalue weighted by Crippen LogP contribution is -2.56. The molecule has 1 aromatic rings. The zero-order chi connectivity index (χ0) is 17.7. The van der Waals surface area contributed by atoms with Gasteiger partial charge in [-0.3, -0.25) is 19.9 Å². The third kappa shape index (κ3) is 5.89. The summed E-state index contributed by atoms with van der Waals surface area (Å²) in [5.74, 6) is -0.247. The van der Waals surface area contributed by atoms with Gasteiger partial charge in [0.15, 0.2) is 0 Å². The summed E-state index contributed by atoms with van der Waals surface area (Å²) in [4.78, 5) is 28.6. The van der Waals surface area contributed by atoms with Gasteiger partial charge in [0.2, 0.25) is 5.91 Å². The second kappa shape index (κ2) is 8.09. The van der Waals surface area contributed by atoms with Crippen LogP contribution in [0, 0.1) is 0 Å². The van der Waals surface area contributed by atoms with Crippen LogP contribution in [0.25, 0.3) is 0 Å². The van der Waals surface area contributed by atoms with Gasteiger partial charge < -0.3 is 5.32 Å². The number of piperazine rings is 1. The Morgan fingerprint density at radius 3 is 2.46 bits per heavy atom. The Morgan fingerprint density at radius 2 is 1.92 bits per heavy atom. The average Bonchev–Trinajstić information content (AvgIpc) is 2.98. The Kier molecular flexibility index (Phi) is 6.37. The van der Waals surface area contributed by atoms with Crippen LogP contribution >= 0.6 is 11.3 Å². The first-order chi connectivity index (χ1) is 11.2. The Bertz CT molecular complexity index is 545. The van der Waals surface area contributed by atoms with E-state index in [1.807, 2.05) is 27.7 Å². The van der Waals surface area contributed by atoms with Crippen molar-refractivity contribution < 1.29 is 9.59 Å². The number of nitrogens with zero attached hydrogens (tertiary/aromatic N) is 2. The molecule has 1 saturated heterocycles. The highest BCUT2D eigenvalue weighted by molar-refractivity contribution is 7.07. The number of carbonyl (C=O) groups is 2. The number of urea groups is 1. The van der Waals surface area contributed by atoms with Crippen molar-refractivity contribution in [1.82, 2.24) is 20.4 Å². The minimum Gasteiger partial charge on any atom is -0.333 e. The van der Waals surface area contributed by atoms with E-state index in [1.54, 1.807) is 11.3 Å². The van der Waals surface area contributed by atoms with E-state index in [0.29, 0.717) is 0 Å². The second-order valence-corrected chi connectivity index (χ2v) is 8.09. The summed E-state index contributed by atoms with van der Waals surface area (Å²) >= 11 is 1.72. The highest BCUT2D eigenvalue weighted by atomic mass is 32.1. The van der Waals surface area contributed by atoms with Gasteiger partial charge >= 0.3 is 6.03 Å². The van der Waals surface area contributed by atoms with Crippen LogP contribution in [0.4, 0.5) is 4.79 Å². The summed E-state index contributed by atoms with van der Waals surface area (Å²) in [7, 11) is 0. The summed E-state index contributed by atoms with van der Waals surface area (Å²) in [6, 6.07) is 1.41. The molecule has 1 aliphatic rings. The fraction of sp³-hybridized carbons (Fsp3) is 0.647. The van der Waals surface area contributed by atoms with Crippen LogP contribution in [-0.4, -0.2) is 59.5 Å². The molecule has 24 heavy (non-hydrogen) atoms. The van der Waals surface area contributed by atoms with E-state index in [-0.39, 0.29) is 17.5 Å². The number of carbonyl (C=O) groups excluding carboxylic acids is 2. The molecule has 0 aromatic carbocycles. The quantitative estimate of drug-likeness (QED) is 0.868. The molecule has 6 nitrogen and oxygen atoms in total. The van der Waals surface area contributed by atoms with Crippen molar-refractivity contribution in [2.24, 2.45) is 0 Å². The second-order valence-electron chi connectivity index (χ2n) is 7.31. The topological polar surface area (TPSA) is 64.7 Å². The Morgan fingerprint density at radius 1 is 1.25 bits per heavy atom. The lowest BCUT2D eigenvalue weighted by molar-refractivity contribution is -0.125. The van der Waals surface area contributed by atoms with Gasteiger partial charge in [-0.25, -0.2) is 4.79 Å². The summed E-state index contributed by atoms with van der Waals surface area (Å²) in [6.07, 6.45) is 0. The third-order valence-corrected chi connectivity index (χ3v) is 4.78. The Balaban J connectivity index is 1.76. The van der Waals surface area contributed by atoms with Gasteiger partial charge in [0.1, 0.15) is 0 Å². The Hall–Kier alpha value is -1.44. The molecule has 1 aromatic heterocycles. The van der Waals surface area contributed by atoms with E-state index < -0.39 is 6.03 Å². The first-order valence-corrected chi connectivity index (χ1v) is 9.29. The number of hydrogen-bond acceptors (Lipinski definition) is 5. The summed E-state index contributed by atoms with van der Waals surface area (Å²) in [5, 5.41) is 9.46. The van der Waals surface area contributed by atoms with Gasteiger partial charge in [0.05, 0.1) is 6.04 Å². The third-order valence-electron chi connectivity index (χ3n) is 4.05. The maximum absolute atomic E-state index is 12.3. The van der Waals surface area contributed by atoms with Crippen LogP contribution in [-0.2, 0) is 11.3 Å². The fourth-order valence-electron chi connectivity index (χ4n) is 2.70. The number of amides is 3. The molecule has 0 saturated carbocycles. The van der Waals surface area contributed by atoms with Crippen LogP contribution < -0.4 is 10.6 Å². The maximum Gasteiger partial charge on any atom is 0.321 e. The molecular formula is C17H28N4O2S. The van der Waals surface area contributed by atoms with Crippen LogP contribution in [0.3, 0.4) is 0 Å². The molecule has 2 N–H and O–H groups in total. The Labute approximate surface area is 148 Å². The molecule has 7 heteroatoms. The largest absolute Gasteiger partial charge is 0.333 e. The number of nitrogens with one attached hydrogen (secondary N) is 2. The molecule has 0 unspecified atom stereocenters. The average molecular weight is 353 g/mol. The first-order valence-electron chi connectivity index (χ1n) is 8.35. The number of rotatable bonds is 4. The van der Waals surface area contributed by atoms with Gasteiger partial charge in [-0.15, -0.1) is 0 Å². The van der Waals surface area contributed by atoms with Crippen molar-refractivity contribution in [2.45, 2.75) is 45.8 Å². The van der Waals surface area contributed by atoms with Crippen molar-refractivity contribution in [3.63, 3.8) is 0 Å². The minimum atomic E-state index is -0.435. The van der Waals surface area contributed by atoms with Crippen molar-refractivity contribution >= 4 is 23.3 Å². The fourth-order valence-corrected chi connectivity index (χ4v) is 3.36. The van der Waals surface area contributed by atoms with Crippen molar-refractivity contribution in [2.75, 3.05) is 26.2 Å². The lowest BCUT2D eigenvalue weighted by Gasteiger charge is -2.37. The zero-order valence-corrected chi connectivity index (χ0v) is 15.8. The number of imide groups is 1. The predicted octanol–water partition coefficient (Wildman–Crippen LogP) is 1.88. The molecule has 2 rings (SSSR count). The molecule has 2 heterocycles. The van der Waals surface area contributed by atoms with Crippen molar-refractivity contribution in [1.29, 1.82) is 0 Å². The van der Waals surface area contributed by atoms with E-state index in [1.165, 1.54) is 5.56 Å². The van der Waals surface area contributed by atoms with Gasteiger partial charge in [0.25, 0.3) is 0 Å². The first kappa shape index (κ1) is 18.9. The monoisotopic (exact) mass is 352 g/mol. The zero-order valence-electron chi connectivity index (χ0n) is 15.0. The molecule has 0 radical (unpaired) electrons. The maximum atomic E-state index is 12.3. The van der Waals surface area contributed by atoms with E-state index in [4.69, 9.17) is 0 Å². The molecule has 134 valence electrons. The smallest absolute Gasteiger partial charge is 0.321 e. The van der Waals surface area contributed by atoms with Crippen LogP contribution in [0.5, 0.6) is 0 Å². The molecular weight excluding hydrogens is 324 g/mol.